The summed E-state index contributed by atoms with van der Waals surface area (Å²) in [5.41, 5.74) is 2.34. The van der Waals surface area contributed by atoms with Crippen molar-refractivity contribution < 1.29 is 14.4 Å². The van der Waals surface area contributed by atoms with Gasteiger partial charge in [0, 0.05) is 10.9 Å². The number of thiazole rings is 1. The second-order valence-corrected chi connectivity index (χ2v) is 6.95. The molecule has 7 heteroatoms. The van der Waals surface area contributed by atoms with E-state index in [2.05, 4.69) is 10.3 Å². The minimum absolute atomic E-state index is 0.322. The number of fused-ring (bicyclic) bond motifs is 1. The lowest BCUT2D eigenvalue weighted by atomic mass is 10.1. The van der Waals surface area contributed by atoms with Crippen LogP contribution < -0.4 is 5.32 Å². The molecule has 1 aliphatic rings. The fourth-order valence-electron chi connectivity index (χ4n) is 2.96. The van der Waals surface area contributed by atoms with Gasteiger partial charge >= 0.3 is 0 Å². The average molecular weight is 377 g/mol. The van der Waals surface area contributed by atoms with Crippen LogP contribution in [-0.4, -0.2) is 33.6 Å². The zero-order chi connectivity index (χ0) is 19.0. The number of benzene rings is 2. The minimum Gasteiger partial charge on any atom is -0.300 e. The summed E-state index contributed by atoms with van der Waals surface area (Å²) in [6.07, 6.45) is 0. The number of aromatic nitrogens is 1. The number of nitrogens with zero attached hydrogens (tertiary/aromatic N) is 2. The van der Waals surface area contributed by atoms with Crippen molar-refractivity contribution in [3.63, 3.8) is 0 Å². The number of anilines is 1. The molecule has 134 valence electrons. The van der Waals surface area contributed by atoms with Crippen molar-refractivity contribution in [3.8, 4) is 11.3 Å². The van der Waals surface area contributed by atoms with Crippen LogP contribution in [0.15, 0.2) is 60.0 Å². The van der Waals surface area contributed by atoms with E-state index in [0.717, 1.165) is 16.2 Å². The molecule has 1 atom stereocenters. The van der Waals surface area contributed by atoms with E-state index in [1.807, 2.05) is 35.7 Å². The third kappa shape index (κ3) is 3.02. The fraction of sp³-hybridized carbons (Fsp3) is 0.100. The molecule has 2 heterocycles. The van der Waals surface area contributed by atoms with Crippen LogP contribution in [0.5, 0.6) is 0 Å². The maximum atomic E-state index is 12.6. The Morgan fingerprint density at radius 3 is 2.22 bits per heavy atom. The highest BCUT2D eigenvalue weighted by Crippen LogP contribution is 2.27. The van der Waals surface area contributed by atoms with Gasteiger partial charge in [-0.2, -0.15) is 0 Å². The van der Waals surface area contributed by atoms with Crippen molar-refractivity contribution in [1.29, 1.82) is 0 Å². The summed E-state index contributed by atoms with van der Waals surface area (Å²) in [6.45, 7) is 1.53. The summed E-state index contributed by atoms with van der Waals surface area (Å²) in [4.78, 5) is 43.0. The number of amides is 3. The van der Waals surface area contributed by atoms with Gasteiger partial charge in [-0.15, -0.1) is 11.3 Å². The molecular weight excluding hydrogens is 362 g/mol. The molecule has 6 nitrogen and oxygen atoms in total. The Labute approximate surface area is 159 Å². The minimum atomic E-state index is -0.943. The van der Waals surface area contributed by atoms with Gasteiger partial charge in [-0.05, 0) is 19.1 Å². The van der Waals surface area contributed by atoms with Gasteiger partial charge in [0.25, 0.3) is 11.8 Å². The molecule has 3 amide bonds. The molecule has 0 aliphatic carbocycles. The Balaban J connectivity index is 1.50. The number of hydrogen-bond donors (Lipinski definition) is 1. The van der Waals surface area contributed by atoms with E-state index in [0.29, 0.717) is 16.3 Å². The Bertz CT molecular complexity index is 1010. The number of carbonyl (C=O) groups is 3. The molecule has 4 rings (SSSR count). The summed E-state index contributed by atoms with van der Waals surface area (Å²) < 4.78 is 0. The third-order valence-electron chi connectivity index (χ3n) is 4.40. The van der Waals surface area contributed by atoms with Crippen LogP contribution in [0.3, 0.4) is 0 Å². The normalized spacial score (nSPS) is 14.2. The maximum Gasteiger partial charge on any atom is 0.262 e. The molecule has 1 unspecified atom stereocenters. The van der Waals surface area contributed by atoms with Crippen LogP contribution in [0.25, 0.3) is 11.3 Å². The summed E-state index contributed by atoms with van der Waals surface area (Å²) in [5.74, 6) is -1.37. The van der Waals surface area contributed by atoms with Gasteiger partial charge in [0.15, 0.2) is 5.13 Å². The molecule has 0 spiro atoms. The Hall–Kier alpha value is -3.32. The first-order valence-electron chi connectivity index (χ1n) is 8.35. The second-order valence-electron chi connectivity index (χ2n) is 6.10. The van der Waals surface area contributed by atoms with Gasteiger partial charge < -0.3 is 5.32 Å². The van der Waals surface area contributed by atoms with Crippen LogP contribution in [0, 0.1) is 0 Å². The molecule has 2 aromatic carbocycles. The van der Waals surface area contributed by atoms with Crippen LogP contribution in [-0.2, 0) is 4.79 Å². The highest BCUT2D eigenvalue weighted by atomic mass is 32.1. The fourth-order valence-corrected chi connectivity index (χ4v) is 3.68. The van der Waals surface area contributed by atoms with Crippen LogP contribution >= 0.6 is 11.3 Å². The van der Waals surface area contributed by atoms with Crippen molar-refractivity contribution in [2.24, 2.45) is 0 Å². The number of hydrogen-bond acceptors (Lipinski definition) is 5. The largest absolute Gasteiger partial charge is 0.300 e. The van der Waals surface area contributed by atoms with Crippen molar-refractivity contribution in [3.05, 3.63) is 71.1 Å². The van der Waals surface area contributed by atoms with Gasteiger partial charge in [0.1, 0.15) is 6.04 Å². The van der Waals surface area contributed by atoms with E-state index >= 15 is 0 Å². The first-order chi connectivity index (χ1) is 13.1. The van der Waals surface area contributed by atoms with Crippen molar-refractivity contribution >= 4 is 34.2 Å². The molecule has 0 saturated heterocycles. The molecule has 27 heavy (non-hydrogen) atoms. The van der Waals surface area contributed by atoms with Crippen LogP contribution in [0.1, 0.15) is 27.6 Å². The smallest absolute Gasteiger partial charge is 0.262 e. The molecule has 1 N–H and O–H groups in total. The number of carbonyl (C=O) groups excluding carboxylic acids is 3. The topological polar surface area (TPSA) is 79.4 Å². The van der Waals surface area contributed by atoms with E-state index in [1.165, 1.54) is 18.3 Å². The first kappa shape index (κ1) is 17.1. The van der Waals surface area contributed by atoms with E-state index in [-0.39, 0.29) is 0 Å². The number of imide groups is 1. The maximum absolute atomic E-state index is 12.6. The lowest BCUT2D eigenvalue weighted by Crippen LogP contribution is -2.45. The summed E-state index contributed by atoms with van der Waals surface area (Å²) in [7, 11) is 0. The molecule has 0 fully saturated rings. The zero-order valence-corrected chi connectivity index (χ0v) is 15.2. The molecular formula is C20H15N3O3S. The predicted octanol–water partition coefficient (Wildman–Crippen LogP) is 3.43. The molecule has 3 aromatic rings. The highest BCUT2D eigenvalue weighted by Gasteiger charge is 2.40. The zero-order valence-electron chi connectivity index (χ0n) is 14.4. The van der Waals surface area contributed by atoms with Crippen molar-refractivity contribution in [1.82, 2.24) is 9.88 Å². The van der Waals surface area contributed by atoms with Crippen molar-refractivity contribution in [2.75, 3.05) is 5.32 Å². The van der Waals surface area contributed by atoms with Gasteiger partial charge in [-0.25, -0.2) is 4.98 Å². The monoisotopic (exact) mass is 377 g/mol. The van der Waals surface area contributed by atoms with E-state index in [9.17, 15) is 14.4 Å². The Kier molecular flexibility index (Phi) is 4.29. The Morgan fingerprint density at radius 1 is 1.00 bits per heavy atom. The lowest BCUT2D eigenvalue weighted by molar-refractivity contribution is -0.119. The lowest BCUT2D eigenvalue weighted by Gasteiger charge is -2.21. The first-order valence-corrected chi connectivity index (χ1v) is 9.23. The summed E-state index contributed by atoms with van der Waals surface area (Å²) in [5, 5.41) is 4.96. The molecule has 1 aliphatic heterocycles. The van der Waals surface area contributed by atoms with Crippen molar-refractivity contribution in [2.45, 2.75) is 13.0 Å². The summed E-state index contributed by atoms with van der Waals surface area (Å²) in [6, 6.07) is 15.2. The molecule has 0 saturated carbocycles. The molecule has 1 aromatic heterocycles. The number of rotatable bonds is 4. The third-order valence-corrected chi connectivity index (χ3v) is 5.15. The van der Waals surface area contributed by atoms with E-state index < -0.39 is 23.8 Å². The standard InChI is InChI=1S/C20H15N3O3S/c1-12(23-18(25)14-9-5-6-10-15(14)19(23)26)17(24)22-20-21-16(11-27-20)13-7-3-2-4-8-13/h2-12H,1H3,(H,21,22,24). The van der Waals surface area contributed by atoms with Crippen LogP contribution in [0.4, 0.5) is 5.13 Å². The Morgan fingerprint density at radius 2 is 1.59 bits per heavy atom. The SMILES string of the molecule is CC(C(=O)Nc1nc(-c2ccccc2)cs1)N1C(=O)c2ccccc2C1=O. The van der Waals surface area contributed by atoms with Gasteiger partial charge in [0.05, 0.1) is 16.8 Å². The predicted molar refractivity (Wildman–Crippen MR) is 103 cm³/mol. The number of nitrogens with one attached hydrogen (secondary N) is 1. The average Bonchev–Trinajstić information content (AvgIpc) is 3.26. The van der Waals surface area contributed by atoms with Gasteiger partial charge in [-0.1, -0.05) is 42.5 Å². The molecule has 0 bridgehead atoms. The summed E-state index contributed by atoms with van der Waals surface area (Å²) >= 11 is 1.29. The van der Waals surface area contributed by atoms with Gasteiger partial charge in [0.2, 0.25) is 5.91 Å². The highest BCUT2D eigenvalue weighted by molar-refractivity contribution is 7.14. The molecule has 0 radical (unpaired) electrons. The van der Waals surface area contributed by atoms with Crippen LogP contribution in [0.2, 0.25) is 0 Å². The second kappa shape index (κ2) is 6.77. The van der Waals surface area contributed by atoms with E-state index in [1.54, 1.807) is 24.3 Å². The quantitative estimate of drug-likeness (QED) is 0.707. The van der Waals surface area contributed by atoms with E-state index in [4.69, 9.17) is 0 Å². The van der Waals surface area contributed by atoms with Gasteiger partial charge in [-0.3, -0.25) is 19.3 Å².